The van der Waals surface area contributed by atoms with Crippen LogP contribution in [0.2, 0.25) is 0 Å². The van der Waals surface area contributed by atoms with Gasteiger partial charge in [-0.1, -0.05) is 0 Å². The topological polar surface area (TPSA) is 108 Å². The summed E-state index contributed by atoms with van der Waals surface area (Å²) in [7, 11) is -3.63. The molecule has 0 bridgehead atoms. The SMILES string of the molecule is CC(C)OC(=O)CCNC(=O)CCS(=O)(=O)c1ccc2c(c1)OCCO2. The number of nitrogens with one attached hydrogen (secondary N) is 1. The van der Waals surface area contributed by atoms with E-state index < -0.39 is 21.7 Å². The van der Waals surface area contributed by atoms with Gasteiger partial charge in [-0.25, -0.2) is 8.42 Å². The smallest absolute Gasteiger partial charge is 0.307 e. The maximum absolute atomic E-state index is 12.4. The average molecular weight is 385 g/mol. The predicted molar refractivity (Wildman–Crippen MR) is 93.0 cm³/mol. The molecule has 0 atom stereocenters. The second-order valence-corrected chi connectivity index (χ2v) is 8.12. The number of sulfone groups is 1. The Balaban J connectivity index is 1.82. The normalized spacial score (nSPS) is 13.3. The zero-order valence-corrected chi connectivity index (χ0v) is 15.6. The molecule has 0 aromatic heterocycles. The molecular formula is C17H23NO7S. The summed E-state index contributed by atoms with van der Waals surface area (Å²) in [5, 5.41) is 2.51. The van der Waals surface area contributed by atoms with Gasteiger partial charge in [0.1, 0.15) is 13.2 Å². The van der Waals surface area contributed by atoms with E-state index in [1.807, 2.05) is 0 Å². The largest absolute Gasteiger partial charge is 0.486 e. The molecule has 2 rings (SSSR count). The summed E-state index contributed by atoms with van der Waals surface area (Å²) >= 11 is 0. The number of hydrogen-bond acceptors (Lipinski definition) is 7. The van der Waals surface area contributed by atoms with Gasteiger partial charge in [0.15, 0.2) is 21.3 Å². The average Bonchev–Trinajstić information content (AvgIpc) is 2.59. The lowest BCUT2D eigenvalue weighted by Crippen LogP contribution is -2.28. The Kier molecular flexibility index (Phi) is 6.84. The lowest BCUT2D eigenvalue weighted by Gasteiger charge is -2.18. The molecule has 9 heteroatoms. The fourth-order valence-electron chi connectivity index (χ4n) is 2.28. The minimum atomic E-state index is -3.63. The van der Waals surface area contributed by atoms with Crippen molar-refractivity contribution >= 4 is 21.7 Å². The summed E-state index contributed by atoms with van der Waals surface area (Å²) in [6, 6.07) is 4.38. The van der Waals surface area contributed by atoms with E-state index >= 15 is 0 Å². The number of carbonyl (C=O) groups is 2. The molecule has 26 heavy (non-hydrogen) atoms. The van der Waals surface area contributed by atoms with E-state index in [0.29, 0.717) is 24.7 Å². The van der Waals surface area contributed by atoms with Gasteiger partial charge in [-0.05, 0) is 26.0 Å². The quantitative estimate of drug-likeness (QED) is 0.667. The fraction of sp³-hybridized carbons (Fsp3) is 0.529. The van der Waals surface area contributed by atoms with Crippen LogP contribution in [0.1, 0.15) is 26.7 Å². The summed E-state index contributed by atoms with van der Waals surface area (Å²) in [5.74, 6) is -0.311. The molecule has 0 saturated heterocycles. The molecule has 1 aliphatic rings. The number of rotatable bonds is 8. The van der Waals surface area contributed by atoms with Crippen LogP contribution < -0.4 is 14.8 Å². The first kappa shape index (κ1) is 20.0. The minimum Gasteiger partial charge on any atom is -0.486 e. The Morgan fingerprint density at radius 3 is 2.54 bits per heavy atom. The van der Waals surface area contributed by atoms with Gasteiger partial charge < -0.3 is 19.5 Å². The summed E-state index contributed by atoms with van der Waals surface area (Å²) in [5.41, 5.74) is 0. The van der Waals surface area contributed by atoms with Crippen molar-refractivity contribution in [3.8, 4) is 11.5 Å². The zero-order valence-electron chi connectivity index (χ0n) is 14.8. The van der Waals surface area contributed by atoms with E-state index in [0.717, 1.165) is 0 Å². The minimum absolute atomic E-state index is 0.0405. The van der Waals surface area contributed by atoms with E-state index in [4.69, 9.17) is 14.2 Å². The van der Waals surface area contributed by atoms with Gasteiger partial charge in [0.25, 0.3) is 0 Å². The Morgan fingerprint density at radius 1 is 1.15 bits per heavy atom. The molecule has 0 spiro atoms. The highest BCUT2D eigenvalue weighted by atomic mass is 32.2. The van der Waals surface area contributed by atoms with Gasteiger partial charge in [0.05, 0.1) is 23.2 Å². The van der Waals surface area contributed by atoms with Crippen molar-refractivity contribution in [3.05, 3.63) is 18.2 Å². The van der Waals surface area contributed by atoms with E-state index in [9.17, 15) is 18.0 Å². The molecule has 0 radical (unpaired) electrons. The molecule has 1 N–H and O–H groups in total. The highest BCUT2D eigenvalue weighted by Gasteiger charge is 2.20. The standard InChI is InChI=1S/C17H23NO7S/c1-12(2)25-17(20)5-7-18-16(19)6-10-26(21,22)13-3-4-14-15(11-13)24-9-8-23-14/h3-4,11-12H,5-10H2,1-2H3,(H,18,19). The monoisotopic (exact) mass is 385 g/mol. The third kappa shape index (κ3) is 5.91. The van der Waals surface area contributed by atoms with Crippen LogP contribution in [0, 0.1) is 0 Å². The Morgan fingerprint density at radius 2 is 1.85 bits per heavy atom. The van der Waals surface area contributed by atoms with Crippen molar-refractivity contribution in [2.24, 2.45) is 0 Å². The summed E-state index contributed by atoms with van der Waals surface area (Å²) in [4.78, 5) is 23.2. The summed E-state index contributed by atoms with van der Waals surface area (Å²) < 4.78 is 40.4. The summed E-state index contributed by atoms with van der Waals surface area (Å²) in [6.45, 7) is 4.36. The van der Waals surface area contributed by atoms with E-state index in [2.05, 4.69) is 5.32 Å². The highest BCUT2D eigenvalue weighted by molar-refractivity contribution is 7.91. The van der Waals surface area contributed by atoms with Crippen molar-refractivity contribution in [2.45, 2.75) is 37.7 Å². The van der Waals surface area contributed by atoms with Crippen LogP contribution >= 0.6 is 0 Å². The van der Waals surface area contributed by atoms with Crippen molar-refractivity contribution in [1.82, 2.24) is 5.32 Å². The maximum Gasteiger partial charge on any atom is 0.307 e. The number of ether oxygens (including phenoxy) is 3. The molecule has 0 fully saturated rings. The zero-order chi connectivity index (χ0) is 19.2. The van der Waals surface area contributed by atoms with Crippen LogP contribution in [0.5, 0.6) is 11.5 Å². The molecule has 0 unspecified atom stereocenters. The first-order valence-electron chi connectivity index (χ1n) is 8.36. The fourth-order valence-corrected chi connectivity index (χ4v) is 3.53. The van der Waals surface area contributed by atoms with Crippen LogP contribution in [0.4, 0.5) is 0 Å². The van der Waals surface area contributed by atoms with Crippen molar-refractivity contribution in [1.29, 1.82) is 0 Å². The van der Waals surface area contributed by atoms with Crippen LogP contribution in [0.3, 0.4) is 0 Å². The van der Waals surface area contributed by atoms with Crippen LogP contribution in [-0.2, 0) is 24.2 Å². The van der Waals surface area contributed by atoms with Crippen molar-refractivity contribution in [2.75, 3.05) is 25.5 Å². The molecule has 8 nitrogen and oxygen atoms in total. The molecule has 0 saturated carbocycles. The van der Waals surface area contributed by atoms with E-state index in [1.165, 1.54) is 12.1 Å². The molecule has 144 valence electrons. The van der Waals surface area contributed by atoms with Gasteiger partial charge in [-0.2, -0.15) is 0 Å². The molecular weight excluding hydrogens is 362 g/mol. The maximum atomic E-state index is 12.4. The van der Waals surface area contributed by atoms with Crippen LogP contribution in [-0.4, -0.2) is 51.9 Å². The lowest BCUT2D eigenvalue weighted by atomic mass is 10.3. The van der Waals surface area contributed by atoms with E-state index in [-0.39, 0.29) is 36.1 Å². The predicted octanol–water partition coefficient (Wildman–Crippen LogP) is 1.08. The first-order chi connectivity index (χ1) is 12.3. The van der Waals surface area contributed by atoms with Gasteiger partial charge in [0.2, 0.25) is 5.91 Å². The van der Waals surface area contributed by atoms with Crippen molar-refractivity contribution < 1.29 is 32.2 Å². The molecule has 0 aliphatic carbocycles. The first-order valence-corrected chi connectivity index (χ1v) is 10.0. The van der Waals surface area contributed by atoms with Gasteiger partial charge in [0, 0.05) is 19.0 Å². The van der Waals surface area contributed by atoms with Crippen LogP contribution in [0.25, 0.3) is 0 Å². The Hall–Kier alpha value is -2.29. The molecule has 1 aromatic rings. The number of esters is 1. The highest BCUT2D eigenvalue weighted by Crippen LogP contribution is 2.32. The van der Waals surface area contributed by atoms with Gasteiger partial charge in [-0.3, -0.25) is 9.59 Å². The third-order valence-corrected chi connectivity index (χ3v) is 5.20. The summed E-state index contributed by atoms with van der Waals surface area (Å²) in [6.07, 6.45) is -0.371. The number of fused-ring (bicyclic) bond motifs is 1. The second-order valence-electron chi connectivity index (χ2n) is 6.01. The third-order valence-electron chi connectivity index (χ3n) is 3.49. The Labute approximate surface area is 152 Å². The molecule has 1 aliphatic heterocycles. The Bertz CT molecular complexity index is 758. The molecule has 1 amide bonds. The molecule has 1 heterocycles. The van der Waals surface area contributed by atoms with Crippen molar-refractivity contribution in [3.63, 3.8) is 0 Å². The second kappa shape index (κ2) is 8.88. The number of benzene rings is 1. The van der Waals surface area contributed by atoms with Crippen LogP contribution in [0.15, 0.2) is 23.1 Å². The van der Waals surface area contributed by atoms with Gasteiger partial charge in [-0.15, -0.1) is 0 Å². The lowest BCUT2D eigenvalue weighted by molar-refractivity contribution is -0.147. The molecule has 1 aromatic carbocycles. The number of carbonyl (C=O) groups excluding carboxylic acids is 2. The van der Waals surface area contributed by atoms with Gasteiger partial charge >= 0.3 is 5.97 Å². The number of amides is 1. The number of hydrogen-bond donors (Lipinski definition) is 1. The van der Waals surface area contributed by atoms with E-state index in [1.54, 1.807) is 19.9 Å².